The molecular formula is C28H25ClN2O2. The minimum atomic E-state index is -0.674. The SMILES string of the molecule is CN(C)c1ccc(C(=CC2=C(Cl)C(=O)C(=O)c3ccccc32)c2ccc(N(C)C)cc2)cc1. The second-order valence-corrected chi connectivity index (χ2v) is 8.75. The summed E-state index contributed by atoms with van der Waals surface area (Å²) in [6.45, 7) is 0. The average Bonchev–Trinajstić information content (AvgIpc) is 2.83. The van der Waals surface area contributed by atoms with Gasteiger partial charge in [0.15, 0.2) is 0 Å². The number of halogens is 1. The lowest BCUT2D eigenvalue weighted by atomic mass is 9.86. The molecule has 1 aliphatic carbocycles. The normalized spacial score (nSPS) is 13.0. The maximum Gasteiger partial charge on any atom is 0.245 e. The van der Waals surface area contributed by atoms with Gasteiger partial charge in [-0.05, 0) is 52.6 Å². The molecule has 0 amide bonds. The van der Waals surface area contributed by atoms with Crippen molar-refractivity contribution in [2.45, 2.75) is 0 Å². The first-order chi connectivity index (χ1) is 15.8. The first kappa shape index (κ1) is 22.6. The summed E-state index contributed by atoms with van der Waals surface area (Å²) in [5, 5.41) is -0.0500. The van der Waals surface area contributed by atoms with Crippen LogP contribution in [0, 0.1) is 0 Å². The third kappa shape index (κ3) is 4.35. The van der Waals surface area contributed by atoms with Crippen molar-refractivity contribution >= 4 is 45.7 Å². The van der Waals surface area contributed by atoms with Crippen molar-refractivity contribution in [2.24, 2.45) is 0 Å². The van der Waals surface area contributed by atoms with Crippen molar-refractivity contribution in [1.29, 1.82) is 0 Å². The number of ketones is 2. The molecule has 0 radical (unpaired) electrons. The van der Waals surface area contributed by atoms with E-state index in [1.807, 2.05) is 56.2 Å². The van der Waals surface area contributed by atoms with Crippen molar-refractivity contribution in [3.05, 3.63) is 106 Å². The number of rotatable bonds is 5. The number of Topliss-reactive ketones (excluding diaryl/α,β-unsaturated/α-hetero) is 2. The molecule has 5 heteroatoms. The Bertz CT molecular complexity index is 1230. The van der Waals surface area contributed by atoms with Gasteiger partial charge in [-0.25, -0.2) is 0 Å². The lowest BCUT2D eigenvalue weighted by Gasteiger charge is -2.19. The van der Waals surface area contributed by atoms with Gasteiger partial charge in [-0.2, -0.15) is 0 Å². The summed E-state index contributed by atoms with van der Waals surface area (Å²) in [5.74, 6) is -1.24. The monoisotopic (exact) mass is 456 g/mol. The number of allylic oxidation sites excluding steroid dienone is 3. The largest absolute Gasteiger partial charge is 0.378 e. The van der Waals surface area contributed by atoms with Crippen LogP contribution in [0.2, 0.25) is 0 Å². The number of hydrogen-bond donors (Lipinski definition) is 0. The number of fused-ring (bicyclic) bond motifs is 1. The van der Waals surface area contributed by atoms with E-state index in [1.165, 1.54) is 0 Å². The highest BCUT2D eigenvalue weighted by atomic mass is 35.5. The molecule has 0 unspecified atom stereocenters. The van der Waals surface area contributed by atoms with Gasteiger partial charge < -0.3 is 9.80 Å². The number of anilines is 2. The molecule has 0 saturated heterocycles. The van der Waals surface area contributed by atoms with E-state index in [0.717, 1.165) is 28.1 Å². The molecule has 4 nitrogen and oxygen atoms in total. The molecule has 0 bridgehead atoms. The van der Waals surface area contributed by atoms with E-state index in [1.54, 1.807) is 12.1 Å². The Hall–Kier alpha value is -3.63. The van der Waals surface area contributed by atoms with Gasteiger partial charge in [0, 0.05) is 50.7 Å². The van der Waals surface area contributed by atoms with Crippen LogP contribution in [0.25, 0.3) is 11.1 Å². The van der Waals surface area contributed by atoms with Gasteiger partial charge in [0.1, 0.15) is 0 Å². The summed E-state index contributed by atoms with van der Waals surface area (Å²) in [6.07, 6.45) is 1.92. The van der Waals surface area contributed by atoms with Crippen LogP contribution in [0.4, 0.5) is 11.4 Å². The van der Waals surface area contributed by atoms with E-state index >= 15 is 0 Å². The lowest BCUT2D eigenvalue weighted by molar-refractivity contribution is -0.111. The molecule has 0 spiro atoms. The van der Waals surface area contributed by atoms with Gasteiger partial charge >= 0.3 is 0 Å². The first-order valence-corrected chi connectivity index (χ1v) is 11.0. The molecule has 0 saturated carbocycles. The zero-order chi connectivity index (χ0) is 23.7. The van der Waals surface area contributed by atoms with Crippen molar-refractivity contribution in [3.8, 4) is 0 Å². The van der Waals surface area contributed by atoms with E-state index in [2.05, 4.69) is 48.5 Å². The van der Waals surface area contributed by atoms with Gasteiger partial charge in [0.25, 0.3) is 0 Å². The molecule has 0 fully saturated rings. The number of carbonyl (C=O) groups excluding carboxylic acids is 2. The number of hydrogen-bond acceptors (Lipinski definition) is 4. The Labute approximate surface area is 199 Å². The maximum absolute atomic E-state index is 12.6. The summed E-state index contributed by atoms with van der Waals surface area (Å²) in [5.41, 5.74) is 6.65. The van der Waals surface area contributed by atoms with Crippen LogP contribution in [-0.2, 0) is 4.79 Å². The Kier molecular flexibility index (Phi) is 6.21. The van der Waals surface area contributed by atoms with Crippen LogP contribution >= 0.6 is 11.6 Å². The van der Waals surface area contributed by atoms with E-state index in [9.17, 15) is 9.59 Å². The molecule has 0 N–H and O–H groups in total. The predicted molar refractivity (Wildman–Crippen MR) is 137 cm³/mol. The molecule has 33 heavy (non-hydrogen) atoms. The van der Waals surface area contributed by atoms with Crippen LogP contribution in [0.15, 0.2) is 83.9 Å². The lowest BCUT2D eigenvalue weighted by Crippen LogP contribution is -2.21. The quantitative estimate of drug-likeness (QED) is 0.464. The molecule has 0 heterocycles. The Balaban J connectivity index is 1.92. The first-order valence-electron chi connectivity index (χ1n) is 10.6. The summed E-state index contributed by atoms with van der Waals surface area (Å²) in [6, 6.07) is 23.5. The van der Waals surface area contributed by atoms with Gasteiger partial charge in [0.05, 0.1) is 5.03 Å². The average molecular weight is 457 g/mol. The smallest absolute Gasteiger partial charge is 0.245 e. The van der Waals surface area contributed by atoms with Gasteiger partial charge in [-0.3, -0.25) is 9.59 Å². The molecule has 4 rings (SSSR count). The second-order valence-electron chi connectivity index (χ2n) is 8.37. The Morgan fingerprint density at radius 3 is 1.58 bits per heavy atom. The van der Waals surface area contributed by atoms with E-state index < -0.39 is 11.6 Å². The molecule has 3 aromatic rings. The highest BCUT2D eigenvalue weighted by Gasteiger charge is 2.31. The zero-order valence-electron chi connectivity index (χ0n) is 19.1. The molecular weight excluding hydrogens is 432 g/mol. The molecule has 0 atom stereocenters. The van der Waals surface area contributed by atoms with Crippen LogP contribution in [0.3, 0.4) is 0 Å². The minimum Gasteiger partial charge on any atom is -0.378 e. The van der Waals surface area contributed by atoms with Crippen LogP contribution in [0.5, 0.6) is 0 Å². The summed E-state index contributed by atoms with van der Waals surface area (Å²) < 4.78 is 0. The third-order valence-electron chi connectivity index (χ3n) is 5.78. The fraction of sp³-hybridized carbons (Fsp3) is 0.143. The Morgan fingerprint density at radius 1 is 0.667 bits per heavy atom. The van der Waals surface area contributed by atoms with Crippen molar-refractivity contribution in [3.63, 3.8) is 0 Å². The highest BCUT2D eigenvalue weighted by Crippen LogP contribution is 2.36. The summed E-state index contributed by atoms with van der Waals surface area (Å²) in [4.78, 5) is 29.2. The zero-order valence-corrected chi connectivity index (χ0v) is 19.9. The van der Waals surface area contributed by atoms with Crippen molar-refractivity contribution < 1.29 is 9.59 Å². The highest BCUT2D eigenvalue weighted by molar-refractivity contribution is 6.64. The van der Waals surface area contributed by atoms with Gasteiger partial charge in [-0.15, -0.1) is 0 Å². The third-order valence-corrected chi connectivity index (χ3v) is 6.16. The minimum absolute atomic E-state index is 0.0500. The van der Waals surface area contributed by atoms with E-state index in [-0.39, 0.29) is 5.03 Å². The van der Waals surface area contributed by atoms with E-state index in [4.69, 9.17) is 11.6 Å². The van der Waals surface area contributed by atoms with E-state index in [0.29, 0.717) is 16.7 Å². The van der Waals surface area contributed by atoms with Crippen molar-refractivity contribution in [1.82, 2.24) is 0 Å². The molecule has 0 aliphatic heterocycles. The topological polar surface area (TPSA) is 40.6 Å². The molecule has 166 valence electrons. The van der Waals surface area contributed by atoms with Crippen LogP contribution in [0.1, 0.15) is 27.0 Å². The maximum atomic E-state index is 12.6. The van der Waals surface area contributed by atoms with Gasteiger partial charge in [-0.1, -0.05) is 60.1 Å². The molecule has 3 aromatic carbocycles. The Morgan fingerprint density at radius 2 is 1.12 bits per heavy atom. The molecule has 1 aliphatic rings. The fourth-order valence-corrected chi connectivity index (χ4v) is 4.12. The van der Waals surface area contributed by atoms with Crippen LogP contribution in [-0.4, -0.2) is 39.8 Å². The predicted octanol–water partition coefficient (Wildman–Crippen LogP) is 5.67. The standard InChI is InChI=1S/C28H25ClN2O2/c1-30(2)20-13-9-18(10-14-20)24(19-11-15-21(16-12-19)31(3)4)17-25-22-7-5-6-8-23(22)27(32)28(33)26(25)29/h5-17H,1-4H3. The fourth-order valence-electron chi connectivity index (χ4n) is 3.88. The van der Waals surface area contributed by atoms with Crippen LogP contribution < -0.4 is 9.80 Å². The summed E-state index contributed by atoms with van der Waals surface area (Å²) in [7, 11) is 7.99. The summed E-state index contributed by atoms with van der Waals surface area (Å²) >= 11 is 6.46. The van der Waals surface area contributed by atoms with Gasteiger partial charge in [0.2, 0.25) is 11.6 Å². The molecule has 0 aromatic heterocycles. The van der Waals surface area contributed by atoms with Crippen molar-refractivity contribution in [2.75, 3.05) is 38.0 Å². The second kappa shape index (κ2) is 9.08. The number of carbonyl (C=O) groups is 2. The number of benzene rings is 3. The number of nitrogens with zero attached hydrogens (tertiary/aromatic N) is 2.